The molecule has 1 N–H and O–H groups in total. The average molecular weight is 561 g/mol. The number of halogens is 3. The van der Waals surface area contributed by atoms with E-state index in [2.05, 4.69) is 25.3 Å². The van der Waals surface area contributed by atoms with Crippen molar-refractivity contribution in [1.82, 2.24) is 34.5 Å². The summed E-state index contributed by atoms with van der Waals surface area (Å²) in [5.74, 6) is 2.06. The summed E-state index contributed by atoms with van der Waals surface area (Å²) >= 11 is 0. The van der Waals surface area contributed by atoms with Crippen LogP contribution in [0.5, 0.6) is 5.88 Å². The molecule has 9 nitrogen and oxygen atoms in total. The number of nitrogens with zero attached hydrogens (tertiary/aromatic N) is 7. The van der Waals surface area contributed by atoms with Crippen LogP contribution in [-0.4, -0.2) is 41.6 Å². The van der Waals surface area contributed by atoms with E-state index in [-0.39, 0.29) is 11.9 Å². The van der Waals surface area contributed by atoms with Gasteiger partial charge in [0, 0.05) is 42.7 Å². The van der Waals surface area contributed by atoms with Crippen LogP contribution in [-0.2, 0) is 12.7 Å². The number of rotatable bonds is 8. The summed E-state index contributed by atoms with van der Waals surface area (Å²) < 4.78 is 47.1. The van der Waals surface area contributed by atoms with Crippen molar-refractivity contribution in [3.63, 3.8) is 0 Å². The number of methoxy groups -OCH3 is 1. The molecule has 0 atom stereocenters. The molecule has 1 aromatic carbocycles. The topological polar surface area (TPSA) is 104 Å². The highest BCUT2D eigenvalue weighted by atomic mass is 19.4. The molecule has 0 unspecified atom stereocenters. The first kappa shape index (κ1) is 26.6. The number of hydrogen-bond acceptors (Lipinski definition) is 8. The molecule has 0 saturated heterocycles. The van der Waals surface area contributed by atoms with Crippen LogP contribution in [0, 0.1) is 0 Å². The third-order valence-electron chi connectivity index (χ3n) is 6.97. The summed E-state index contributed by atoms with van der Waals surface area (Å²) in [5, 5.41) is 4.13. The number of alkyl halides is 3. The minimum absolute atomic E-state index is 0.183. The van der Waals surface area contributed by atoms with Gasteiger partial charge in [-0.25, -0.2) is 24.9 Å². The second kappa shape index (κ2) is 10.4. The number of nitrogens with one attached hydrogen (secondary N) is 1. The molecule has 1 saturated carbocycles. The van der Waals surface area contributed by atoms with Gasteiger partial charge in [-0.3, -0.25) is 4.98 Å². The second-order valence-corrected chi connectivity index (χ2v) is 10.2. The SMILES string of the molecule is COc1ncnc(C2CC2)c1-c1nc(NCc2ccc(-c3nc(C(F)(F)F)cn3C(C)C)cc2)c2cnccc2n1. The third kappa shape index (κ3) is 5.29. The van der Waals surface area contributed by atoms with Crippen molar-refractivity contribution in [2.24, 2.45) is 0 Å². The lowest BCUT2D eigenvalue weighted by atomic mass is 10.1. The number of hydrogen-bond donors (Lipinski definition) is 1. The van der Waals surface area contributed by atoms with E-state index in [9.17, 15) is 13.2 Å². The first-order valence-corrected chi connectivity index (χ1v) is 13.2. The van der Waals surface area contributed by atoms with E-state index in [4.69, 9.17) is 14.7 Å². The minimum atomic E-state index is -4.51. The lowest BCUT2D eigenvalue weighted by molar-refractivity contribution is -0.140. The summed E-state index contributed by atoms with van der Waals surface area (Å²) in [6.07, 6.45) is 3.51. The first-order valence-electron chi connectivity index (χ1n) is 13.2. The Bertz CT molecular complexity index is 1710. The van der Waals surface area contributed by atoms with Gasteiger partial charge in [-0.05, 0) is 38.3 Å². The van der Waals surface area contributed by atoms with Gasteiger partial charge in [0.1, 0.15) is 23.5 Å². The number of ether oxygens (including phenoxy) is 1. The molecule has 5 aromatic rings. The molecule has 1 fully saturated rings. The van der Waals surface area contributed by atoms with Crippen molar-refractivity contribution in [2.75, 3.05) is 12.4 Å². The summed E-state index contributed by atoms with van der Waals surface area (Å²) in [6, 6.07) is 8.90. The van der Waals surface area contributed by atoms with Crippen molar-refractivity contribution >= 4 is 16.7 Å². The van der Waals surface area contributed by atoms with Gasteiger partial charge < -0.3 is 14.6 Å². The molecular weight excluding hydrogens is 533 g/mol. The van der Waals surface area contributed by atoms with Crippen molar-refractivity contribution in [3.05, 3.63) is 72.2 Å². The Morgan fingerprint density at radius 1 is 1.05 bits per heavy atom. The molecule has 41 heavy (non-hydrogen) atoms. The van der Waals surface area contributed by atoms with E-state index < -0.39 is 11.9 Å². The zero-order valence-electron chi connectivity index (χ0n) is 22.6. The number of anilines is 1. The number of aromatic nitrogens is 7. The molecule has 1 aliphatic carbocycles. The standard InChI is InChI=1S/C29H27F3N8O/c1-16(2)40-14-22(29(30,31)32)38-27(40)19-6-4-17(5-7-19)12-34-25-20-13-33-11-10-21(20)37-26(39-25)23-24(18-8-9-18)35-15-36-28(23)41-3/h4-7,10-11,13-16,18H,8-9,12H2,1-3H3,(H,34,37,39). The van der Waals surface area contributed by atoms with Gasteiger partial charge in [-0.1, -0.05) is 24.3 Å². The number of benzene rings is 1. The van der Waals surface area contributed by atoms with Gasteiger partial charge in [0.05, 0.1) is 23.7 Å². The van der Waals surface area contributed by atoms with Gasteiger partial charge in [0.15, 0.2) is 11.5 Å². The van der Waals surface area contributed by atoms with Gasteiger partial charge >= 0.3 is 6.18 Å². The lowest BCUT2D eigenvalue weighted by Gasteiger charge is -2.14. The quantitative estimate of drug-likeness (QED) is 0.231. The molecule has 4 heterocycles. The van der Waals surface area contributed by atoms with Crippen LogP contribution >= 0.6 is 0 Å². The molecular formula is C29H27F3N8O. The Hall–Kier alpha value is -4.61. The predicted molar refractivity (Wildman–Crippen MR) is 147 cm³/mol. The number of fused-ring (bicyclic) bond motifs is 1. The van der Waals surface area contributed by atoms with Gasteiger partial charge in [0.2, 0.25) is 5.88 Å². The van der Waals surface area contributed by atoms with Crippen LogP contribution in [0.4, 0.5) is 19.0 Å². The van der Waals surface area contributed by atoms with Gasteiger partial charge in [-0.2, -0.15) is 13.2 Å². The molecule has 4 aromatic heterocycles. The highest BCUT2D eigenvalue weighted by Gasteiger charge is 2.35. The highest BCUT2D eigenvalue weighted by molar-refractivity contribution is 5.90. The normalized spacial score (nSPS) is 13.6. The number of pyridine rings is 1. The second-order valence-electron chi connectivity index (χ2n) is 10.2. The summed E-state index contributed by atoms with van der Waals surface area (Å²) in [4.78, 5) is 26.6. The summed E-state index contributed by atoms with van der Waals surface area (Å²) in [5.41, 5.74) is 2.86. The largest absolute Gasteiger partial charge is 0.480 e. The van der Waals surface area contributed by atoms with E-state index in [1.165, 1.54) is 10.9 Å². The van der Waals surface area contributed by atoms with Crippen molar-refractivity contribution in [1.29, 1.82) is 0 Å². The van der Waals surface area contributed by atoms with Gasteiger partial charge in [-0.15, -0.1) is 0 Å². The molecule has 0 radical (unpaired) electrons. The third-order valence-corrected chi connectivity index (χ3v) is 6.97. The summed E-state index contributed by atoms with van der Waals surface area (Å²) in [7, 11) is 1.56. The smallest absolute Gasteiger partial charge is 0.434 e. The fraction of sp³-hybridized carbons (Fsp3) is 0.310. The molecule has 0 spiro atoms. The zero-order valence-corrected chi connectivity index (χ0v) is 22.6. The lowest BCUT2D eigenvalue weighted by Crippen LogP contribution is -2.07. The van der Waals surface area contributed by atoms with Crippen LogP contribution < -0.4 is 10.1 Å². The van der Waals surface area contributed by atoms with E-state index in [0.29, 0.717) is 46.6 Å². The maximum Gasteiger partial charge on any atom is 0.434 e. The number of imidazole rings is 1. The minimum Gasteiger partial charge on any atom is -0.480 e. The van der Waals surface area contributed by atoms with Crippen molar-refractivity contribution in [3.8, 4) is 28.7 Å². The Balaban J connectivity index is 1.31. The van der Waals surface area contributed by atoms with Crippen LogP contribution in [0.25, 0.3) is 33.7 Å². The summed E-state index contributed by atoms with van der Waals surface area (Å²) in [6.45, 7) is 4.05. The van der Waals surface area contributed by atoms with Crippen LogP contribution in [0.1, 0.15) is 55.6 Å². The zero-order chi connectivity index (χ0) is 28.7. The predicted octanol–water partition coefficient (Wildman–Crippen LogP) is 6.44. The Kier molecular flexibility index (Phi) is 6.76. The van der Waals surface area contributed by atoms with E-state index in [1.807, 2.05) is 32.0 Å². The van der Waals surface area contributed by atoms with Crippen molar-refractivity contribution < 1.29 is 17.9 Å². The molecule has 6 rings (SSSR count). The maximum atomic E-state index is 13.3. The molecule has 0 bridgehead atoms. The van der Waals surface area contributed by atoms with Gasteiger partial charge in [0.25, 0.3) is 0 Å². The van der Waals surface area contributed by atoms with Crippen LogP contribution in [0.3, 0.4) is 0 Å². The Morgan fingerprint density at radius 3 is 2.51 bits per heavy atom. The van der Waals surface area contributed by atoms with E-state index >= 15 is 0 Å². The van der Waals surface area contributed by atoms with Crippen LogP contribution in [0.2, 0.25) is 0 Å². The van der Waals surface area contributed by atoms with E-state index in [0.717, 1.165) is 35.7 Å². The monoisotopic (exact) mass is 560 g/mol. The maximum absolute atomic E-state index is 13.3. The molecule has 1 aliphatic rings. The molecule has 0 amide bonds. The van der Waals surface area contributed by atoms with Crippen molar-refractivity contribution in [2.45, 2.75) is 51.4 Å². The molecule has 0 aliphatic heterocycles. The first-order chi connectivity index (χ1) is 19.7. The fourth-order valence-corrected chi connectivity index (χ4v) is 4.73. The fourth-order valence-electron chi connectivity index (χ4n) is 4.73. The Morgan fingerprint density at radius 2 is 1.83 bits per heavy atom. The molecule has 12 heteroatoms. The Labute approximate surface area is 233 Å². The highest BCUT2D eigenvalue weighted by Crippen LogP contribution is 2.45. The van der Waals surface area contributed by atoms with Crippen LogP contribution in [0.15, 0.2) is 55.2 Å². The van der Waals surface area contributed by atoms with E-state index in [1.54, 1.807) is 31.6 Å². The average Bonchev–Trinajstić information content (AvgIpc) is 3.71. The molecule has 210 valence electrons.